The molecule has 2 aliphatic carbocycles. The highest BCUT2D eigenvalue weighted by Gasteiger charge is 2.59. The molecule has 0 heterocycles. The fraction of sp³-hybridized carbons (Fsp3) is 0.625. The van der Waals surface area contributed by atoms with Gasteiger partial charge in [-0.25, -0.2) is 0 Å². The molecule has 1 unspecified atom stereocenters. The van der Waals surface area contributed by atoms with Crippen molar-refractivity contribution in [3.63, 3.8) is 0 Å². The molecule has 2 saturated carbocycles. The van der Waals surface area contributed by atoms with Crippen LogP contribution in [0.3, 0.4) is 0 Å². The van der Waals surface area contributed by atoms with Crippen LogP contribution >= 0.6 is 0 Å². The number of nitro groups is 1. The Balaban J connectivity index is 1.82. The van der Waals surface area contributed by atoms with E-state index in [9.17, 15) is 10.1 Å². The van der Waals surface area contributed by atoms with Crippen molar-refractivity contribution in [1.29, 1.82) is 0 Å². The van der Waals surface area contributed by atoms with Gasteiger partial charge in [0.1, 0.15) is 0 Å². The molecule has 0 radical (unpaired) electrons. The van der Waals surface area contributed by atoms with Gasteiger partial charge in [-0.05, 0) is 48.1 Å². The van der Waals surface area contributed by atoms with E-state index in [4.69, 9.17) is 0 Å². The smallest absolute Gasteiger partial charge is 0.269 e. The van der Waals surface area contributed by atoms with Crippen LogP contribution in [-0.2, 0) is 0 Å². The first-order chi connectivity index (χ1) is 9.33. The minimum absolute atomic E-state index is 0.147. The van der Waals surface area contributed by atoms with E-state index in [0.29, 0.717) is 11.5 Å². The number of nitrogens with one attached hydrogen (secondary N) is 1. The monoisotopic (exact) mass is 274 g/mol. The summed E-state index contributed by atoms with van der Waals surface area (Å²) < 4.78 is 0. The zero-order valence-corrected chi connectivity index (χ0v) is 12.3. The Hall–Kier alpha value is -1.58. The van der Waals surface area contributed by atoms with Gasteiger partial charge >= 0.3 is 0 Å². The van der Waals surface area contributed by atoms with Gasteiger partial charge in [-0.15, -0.1) is 0 Å². The van der Waals surface area contributed by atoms with Crippen molar-refractivity contribution in [2.45, 2.75) is 46.1 Å². The lowest BCUT2D eigenvalue weighted by Gasteiger charge is -2.43. The van der Waals surface area contributed by atoms with Gasteiger partial charge in [-0.3, -0.25) is 10.1 Å². The summed E-state index contributed by atoms with van der Waals surface area (Å²) in [7, 11) is 0. The van der Waals surface area contributed by atoms with Crippen LogP contribution in [0.4, 0.5) is 11.4 Å². The van der Waals surface area contributed by atoms with Crippen LogP contribution in [-0.4, -0.2) is 11.0 Å². The maximum absolute atomic E-state index is 10.7. The molecule has 0 aliphatic heterocycles. The molecule has 4 heteroatoms. The van der Waals surface area contributed by atoms with E-state index in [1.54, 1.807) is 12.1 Å². The molecule has 1 aromatic carbocycles. The second kappa shape index (κ2) is 4.21. The van der Waals surface area contributed by atoms with Crippen molar-refractivity contribution in [2.24, 2.45) is 16.7 Å². The number of anilines is 1. The Morgan fingerprint density at radius 1 is 1.25 bits per heavy atom. The summed E-state index contributed by atoms with van der Waals surface area (Å²) in [4.78, 5) is 10.3. The summed E-state index contributed by atoms with van der Waals surface area (Å²) in [5.74, 6) is 0.794. The van der Waals surface area contributed by atoms with Gasteiger partial charge in [0.2, 0.25) is 0 Å². The minimum atomic E-state index is -0.355. The molecule has 1 N–H and O–H groups in total. The third-order valence-corrected chi connectivity index (χ3v) is 5.66. The predicted octanol–water partition coefficient (Wildman–Crippen LogP) is 4.22. The molecule has 0 amide bonds. The molecule has 0 aromatic heterocycles. The first kappa shape index (κ1) is 13.4. The fourth-order valence-electron chi connectivity index (χ4n) is 4.51. The van der Waals surface area contributed by atoms with E-state index in [0.717, 1.165) is 11.6 Å². The van der Waals surface area contributed by atoms with E-state index in [1.807, 2.05) is 12.1 Å². The zero-order chi connectivity index (χ0) is 14.5. The quantitative estimate of drug-likeness (QED) is 0.663. The van der Waals surface area contributed by atoms with Crippen LogP contribution in [0.25, 0.3) is 0 Å². The lowest BCUT2D eigenvalue weighted by molar-refractivity contribution is -0.384. The third-order valence-electron chi connectivity index (χ3n) is 5.66. The van der Waals surface area contributed by atoms with Crippen molar-refractivity contribution in [2.75, 3.05) is 5.32 Å². The normalized spacial score (nSPS) is 34.1. The van der Waals surface area contributed by atoms with Crippen LogP contribution in [0.15, 0.2) is 24.3 Å². The van der Waals surface area contributed by atoms with E-state index in [2.05, 4.69) is 26.1 Å². The fourth-order valence-corrected chi connectivity index (χ4v) is 4.51. The maximum atomic E-state index is 10.7. The molecule has 3 rings (SSSR count). The number of rotatable bonds is 3. The Kier molecular flexibility index (Phi) is 2.82. The van der Waals surface area contributed by atoms with Crippen molar-refractivity contribution in [3.8, 4) is 0 Å². The van der Waals surface area contributed by atoms with Gasteiger partial charge in [0, 0.05) is 23.9 Å². The van der Waals surface area contributed by atoms with E-state index in [1.165, 1.54) is 19.3 Å². The highest BCUT2D eigenvalue weighted by Crippen LogP contribution is 2.63. The molecular formula is C16H22N2O2. The van der Waals surface area contributed by atoms with Gasteiger partial charge in [0.05, 0.1) is 4.92 Å². The number of nitro benzene ring substituents is 1. The standard InChI is InChI=1S/C16H22N2O2/c1-15(2)11-8-9-16(3,10-11)14(15)17-12-4-6-13(7-5-12)18(19)20/h4-7,11,14,17H,8-10H2,1-3H3/t11-,14?,16+/m0/s1. The van der Waals surface area contributed by atoms with Gasteiger partial charge < -0.3 is 5.32 Å². The van der Waals surface area contributed by atoms with Crippen LogP contribution < -0.4 is 5.32 Å². The third kappa shape index (κ3) is 1.89. The van der Waals surface area contributed by atoms with Crippen LogP contribution in [0, 0.1) is 26.9 Å². The summed E-state index contributed by atoms with van der Waals surface area (Å²) in [5.41, 5.74) is 1.78. The molecule has 2 fully saturated rings. The molecule has 0 saturated heterocycles. The van der Waals surface area contributed by atoms with Gasteiger partial charge in [-0.2, -0.15) is 0 Å². The molecule has 2 aliphatic rings. The van der Waals surface area contributed by atoms with E-state index in [-0.39, 0.29) is 16.0 Å². The van der Waals surface area contributed by atoms with E-state index < -0.39 is 0 Å². The summed E-state index contributed by atoms with van der Waals surface area (Å²) in [6.07, 6.45) is 3.92. The molecule has 20 heavy (non-hydrogen) atoms. The number of non-ortho nitro benzene ring substituents is 1. The van der Waals surface area contributed by atoms with Gasteiger partial charge in [0.15, 0.2) is 0 Å². The molecule has 0 spiro atoms. The van der Waals surface area contributed by atoms with Crippen LogP contribution in [0.5, 0.6) is 0 Å². The second-order valence-electron chi connectivity index (χ2n) is 7.30. The van der Waals surface area contributed by atoms with Crippen molar-refractivity contribution >= 4 is 11.4 Å². The van der Waals surface area contributed by atoms with Gasteiger partial charge in [0.25, 0.3) is 5.69 Å². The lowest BCUT2D eigenvalue weighted by atomic mass is 9.68. The largest absolute Gasteiger partial charge is 0.381 e. The number of benzene rings is 1. The number of nitrogens with zero attached hydrogens (tertiary/aromatic N) is 1. The molecule has 1 aromatic rings. The second-order valence-corrected chi connectivity index (χ2v) is 7.30. The van der Waals surface area contributed by atoms with Crippen LogP contribution in [0.1, 0.15) is 40.0 Å². The molecular weight excluding hydrogens is 252 g/mol. The Morgan fingerprint density at radius 3 is 2.40 bits per heavy atom. The van der Waals surface area contributed by atoms with E-state index >= 15 is 0 Å². The van der Waals surface area contributed by atoms with Crippen LogP contribution in [0.2, 0.25) is 0 Å². The average Bonchev–Trinajstić information content (AvgIpc) is 2.86. The molecule has 3 atom stereocenters. The van der Waals surface area contributed by atoms with Crippen molar-refractivity contribution < 1.29 is 4.92 Å². The molecule has 2 bridgehead atoms. The summed E-state index contributed by atoms with van der Waals surface area (Å²) in [6.45, 7) is 7.08. The van der Waals surface area contributed by atoms with Crippen molar-refractivity contribution in [1.82, 2.24) is 0 Å². The Labute approximate surface area is 119 Å². The highest BCUT2D eigenvalue weighted by molar-refractivity contribution is 5.50. The Morgan fingerprint density at radius 2 is 1.90 bits per heavy atom. The first-order valence-corrected chi connectivity index (χ1v) is 7.34. The highest BCUT2D eigenvalue weighted by atomic mass is 16.6. The predicted molar refractivity (Wildman–Crippen MR) is 79.7 cm³/mol. The SMILES string of the molecule is CC1(C)C(Nc2ccc([N+](=O)[O-])cc2)[C@]2(C)CC[C@H]1C2. The lowest BCUT2D eigenvalue weighted by Crippen LogP contribution is -2.45. The summed E-state index contributed by atoms with van der Waals surface area (Å²) in [5, 5.41) is 14.3. The number of hydrogen-bond acceptors (Lipinski definition) is 3. The number of fused-ring (bicyclic) bond motifs is 2. The zero-order valence-electron chi connectivity index (χ0n) is 12.3. The topological polar surface area (TPSA) is 55.2 Å². The maximum Gasteiger partial charge on any atom is 0.269 e. The van der Waals surface area contributed by atoms with Gasteiger partial charge in [-0.1, -0.05) is 20.8 Å². The average molecular weight is 274 g/mol. The summed E-state index contributed by atoms with van der Waals surface area (Å²) in [6, 6.07) is 7.23. The molecule has 108 valence electrons. The minimum Gasteiger partial charge on any atom is -0.381 e. The van der Waals surface area contributed by atoms with Crippen molar-refractivity contribution in [3.05, 3.63) is 34.4 Å². The summed E-state index contributed by atoms with van der Waals surface area (Å²) >= 11 is 0. The number of hydrogen-bond donors (Lipinski definition) is 1. The first-order valence-electron chi connectivity index (χ1n) is 7.34. The molecule has 4 nitrogen and oxygen atoms in total. The Bertz CT molecular complexity index is 533.